The first kappa shape index (κ1) is 25.7. The zero-order valence-corrected chi connectivity index (χ0v) is 21.5. The first-order valence-electron chi connectivity index (χ1n) is 10.7. The van der Waals surface area contributed by atoms with Gasteiger partial charge >= 0.3 is 0 Å². The van der Waals surface area contributed by atoms with Gasteiger partial charge in [0.1, 0.15) is 0 Å². The third kappa shape index (κ3) is 7.50. The second-order valence-electron chi connectivity index (χ2n) is 7.80. The van der Waals surface area contributed by atoms with E-state index in [0.717, 1.165) is 44.0 Å². The third-order valence-electron chi connectivity index (χ3n) is 5.27. The van der Waals surface area contributed by atoms with Crippen LogP contribution in [0.1, 0.15) is 32.3 Å². The molecule has 1 aromatic heterocycles. The van der Waals surface area contributed by atoms with E-state index in [4.69, 9.17) is 0 Å². The molecule has 0 bridgehead atoms. The summed E-state index contributed by atoms with van der Waals surface area (Å²) in [4.78, 5) is 4.98. The summed E-state index contributed by atoms with van der Waals surface area (Å²) in [5, 5.41) is 6.57. The molecule has 1 aliphatic heterocycles. The lowest BCUT2D eigenvalue weighted by Gasteiger charge is -2.30. The van der Waals surface area contributed by atoms with Crippen molar-refractivity contribution in [2.45, 2.75) is 44.7 Å². The van der Waals surface area contributed by atoms with Gasteiger partial charge < -0.3 is 15.2 Å². The molecule has 1 fully saturated rings. The minimum atomic E-state index is -3.41. The molecule has 2 heterocycles. The molecule has 3 rings (SSSR count). The van der Waals surface area contributed by atoms with Crippen LogP contribution in [0.25, 0.3) is 0 Å². The summed E-state index contributed by atoms with van der Waals surface area (Å²) in [6, 6.07) is 11.1. The lowest BCUT2D eigenvalue weighted by atomic mass is 10.0. The second kappa shape index (κ2) is 12.4. The summed E-state index contributed by atoms with van der Waals surface area (Å²) >= 11 is 0. The minimum absolute atomic E-state index is 0. The van der Waals surface area contributed by atoms with Gasteiger partial charge in [0, 0.05) is 45.1 Å². The zero-order valence-electron chi connectivity index (χ0n) is 18.3. The van der Waals surface area contributed by atoms with Gasteiger partial charge in [0.05, 0.1) is 11.4 Å². The maximum Gasteiger partial charge on any atom is 0.243 e. The average Bonchev–Trinajstić information content (AvgIpc) is 3.26. The van der Waals surface area contributed by atoms with Crippen molar-refractivity contribution in [2.75, 3.05) is 26.2 Å². The SMILES string of the molecule is CCNC(=NCc1ccc(S(=O)(=O)N2CCCC(C)C2)cc1)NCCn1cccc1.I. The van der Waals surface area contributed by atoms with Crippen LogP contribution in [0, 0.1) is 5.92 Å². The van der Waals surface area contributed by atoms with Crippen LogP contribution in [-0.4, -0.2) is 49.4 Å². The van der Waals surface area contributed by atoms with Gasteiger partial charge in [0.25, 0.3) is 0 Å². The fourth-order valence-corrected chi connectivity index (χ4v) is 5.21. The smallest absolute Gasteiger partial charge is 0.243 e. The molecule has 7 nitrogen and oxygen atoms in total. The van der Waals surface area contributed by atoms with Gasteiger partial charge in [-0.15, -0.1) is 24.0 Å². The van der Waals surface area contributed by atoms with Crippen molar-refractivity contribution in [2.24, 2.45) is 10.9 Å². The van der Waals surface area contributed by atoms with Crippen LogP contribution in [0.3, 0.4) is 0 Å². The van der Waals surface area contributed by atoms with Gasteiger partial charge in [0.2, 0.25) is 10.0 Å². The predicted octanol–water partition coefficient (Wildman–Crippen LogP) is 3.28. The monoisotopic (exact) mass is 559 g/mol. The number of hydrogen-bond acceptors (Lipinski definition) is 3. The first-order valence-corrected chi connectivity index (χ1v) is 12.1. The van der Waals surface area contributed by atoms with E-state index in [-0.39, 0.29) is 24.0 Å². The Morgan fingerprint density at radius 3 is 2.52 bits per heavy atom. The Hall–Kier alpha value is -1.59. The second-order valence-corrected chi connectivity index (χ2v) is 9.74. The van der Waals surface area contributed by atoms with Crippen molar-refractivity contribution in [3.05, 3.63) is 54.4 Å². The summed E-state index contributed by atoms with van der Waals surface area (Å²) in [7, 11) is -3.41. The van der Waals surface area contributed by atoms with Crippen LogP contribution in [0.4, 0.5) is 0 Å². The van der Waals surface area contributed by atoms with Crippen molar-refractivity contribution in [1.82, 2.24) is 19.5 Å². The molecule has 1 atom stereocenters. The minimum Gasteiger partial charge on any atom is -0.357 e. The van der Waals surface area contributed by atoms with Gasteiger partial charge in [-0.25, -0.2) is 13.4 Å². The number of nitrogens with one attached hydrogen (secondary N) is 2. The summed E-state index contributed by atoms with van der Waals surface area (Å²) in [6.45, 7) is 8.25. The number of aromatic nitrogens is 1. The van der Waals surface area contributed by atoms with Gasteiger partial charge in [-0.2, -0.15) is 4.31 Å². The predicted molar refractivity (Wildman–Crippen MR) is 136 cm³/mol. The molecule has 0 saturated carbocycles. The molecule has 1 unspecified atom stereocenters. The number of sulfonamides is 1. The summed E-state index contributed by atoms with van der Waals surface area (Å²) in [5.41, 5.74) is 0.976. The van der Waals surface area contributed by atoms with Crippen molar-refractivity contribution in [3.8, 4) is 0 Å². The lowest BCUT2D eigenvalue weighted by Crippen LogP contribution is -2.39. The highest BCUT2D eigenvalue weighted by Gasteiger charge is 2.28. The molecule has 0 aliphatic carbocycles. The highest BCUT2D eigenvalue weighted by atomic mass is 127. The maximum absolute atomic E-state index is 12.9. The molecule has 9 heteroatoms. The number of benzene rings is 1. The van der Waals surface area contributed by atoms with Crippen LogP contribution >= 0.6 is 24.0 Å². The first-order chi connectivity index (χ1) is 14.5. The molecule has 0 radical (unpaired) electrons. The van der Waals surface area contributed by atoms with E-state index in [1.807, 2.05) is 43.6 Å². The number of halogens is 1. The highest BCUT2D eigenvalue weighted by molar-refractivity contribution is 14.0. The molecule has 0 amide bonds. The largest absolute Gasteiger partial charge is 0.357 e. The van der Waals surface area contributed by atoms with Gasteiger partial charge in [0.15, 0.2) is 5.96 Å². The summed E-state index contributed by atoms with van der Waals surface area (Å²) < 4.78 is 29.5. The summed E-state index contributed by atoms with van der Waals surface area (Å²) in [5.74, 6) is 1.17. The molecular weight excluding hydrogens is 525 g/mol. The number of guanidine groups is 1. The van der Waals surface area contributed by atoms with Crippen LogP contribution in [-0.2, 0) is 23.1 Å². The normalized spacial score (nSPS) is 17.7. The number of nitrogens with zero attached hydrogens (tertiary/aromatic N) is 3. The van der Waals surface area contributed by atoms with E-state index in [0.29, 0.717) is 30.4 Å². The molecule has 172 valence electrons. The quantitative estimate of drug-likeness (QED) is 0.296. The molecule has 1 aromatic carbocycles. The van der Waals surface area contributed by atoms with Gasteiger partial charge in [-0.3, -0.25) is 0 Å². The maximum atomic E-state index is 12.9. The topological polar surface area (TPSA) is 78.7 Å². The van der Waals surface area contributed by atoms with E-state index >= 15 is 0 Å². The molecule has 31 heavy (non-hydrogen) atoms. The van der Waals surface area contributed by atoms with Gasteiger partial charge in [-0.05, 0) is 55.5 Å². The van der Waals surface area contributed by atoms with E-state index < -0.39 is 10.0 Å². The fourth-order valence-electron chi connectivity index (χ4n) is 3.62. The molecule has 2 aromatic rings. The van der Waals surface area contributed by atoms with E-state index in [1.165, 1.54) is 0 Å². The van der Waals surface area contributed by atoms with Crippen molar-refractivity contribution in [1.29, 1.82) is 0 Å². The Morgan fingerprint density at radius 1 is 1.16 bits per heavy atom. The molecule has 2 N–H and O–H groups in total. The Morgan fingerprint density at radius 2 is 1.87 bits per heavy atom. The molecular formula is C22H34IN5O2S. The van der Waals surface area contributed by atoms with Crippen molar-refractivity contribution >= 4 is 40.0 Å². The Bertz CT molecular complexity index is 914. The van der Waals surface area contributed by atoms with Crippen molar-refractivity contribution < 1.29 is 8.42 Å². The van der Waals surface area contributed by atoms with Crippen LogP contribution in [0.5, 0.6) is 0 Å². The van der Waals surface area contributed by atoms with E-state index in [1.54, 1.807) is 16.4 Å². The van der Waals surface area contributed by atoms with E-state index in [9.17, 15) is 8.42 Å². The molecule has 0 spiro atoms. The third-order valence-corrected chi connectivity index (χ3v) is 7.15. The standard InChI is InChI=1S/C22H33N5O2S.HI/c1-3-23-22(24-12-16-26-13-4-5-14-26)25-17-20-8-10-21(11-9-20)30(28,29)27-15-6-7-19(2)18-27;/h4-5,8-11,13-14,19H,3,6-7,12,15-18H2,1-2H3,(H2,23,24,25);1H. The Kier molecular flexibility index (Phi) is 10.3. The molecule has 1 aliphatic rings. The Balaban J connectivity index is 0.00000341. The summed E-state index contributed by atoms with van der Waals surface area (Å²) in [6.07, 6.45) is 6.09. The Labute approximate surface area is 203 Å². The number of hydrogen-bond donors (Lipinski definition) is 2. The lowest BCUT2D eigenvalue weighted by molar-refractivity contribution is 0.281. The number of aliphatic imine (C=N–C) groups is 1. The number of rotatable bonds is 8. The molecule has 1 saturated heterocycles. The van der Waals surface area contributed by atoms with Crippen molar-refractivity contribution in [3.63, 3.8) is 0 Å². The van der Waals surface area contributed by atoms with Gasteiger partial charge in [-0.1, -0.05) is 19.1 Å². The van der Waals surface area contributed by atoms with Crippen LogP contribution < -0.4 is 10.6 Å². The zero-order chi connectivity index (χ0) is 21.4. The number of piperidine rings is 1. The highest BCUT2D eigenvalue weighted by Crippen LogP contribution is 2.23. The fraction of sp³-hybridized carbons (Fsp3) is 0.500. The average molecular weight is 560 g/mol. The van der Waals surface area contributed by atoms with Crippen LogP contribution in [0.15, 0.2) is 58.7 Å². The van der Waals surface area contributed by atoms with Crippen LogP contribution in [0.2, 0.25) is 0 Å². The van der Waals surface area contributed by atoms with E-state index in [2.05, 4.69) is 27.1 Å².